The Balaban J connectivity index is 1.48. The van der Waals surface area contributed by atoms with Crippen LogP contribution in [0.2, 0.25) is 0 Å². The van der Waals surface area contributed by atoms with E-state index >= 15 is 0 Å². The first kappa shape index (κ1) is 17.8. The van der Waals surface area contributed by atoms with Gasteiger partial charge in [0.25, 0.3) is 0 Å². The Bertz CT molecular complexity index is 629. The highest BCUT2D eigenvalue weighted by Gasteiger charge is 2.52. The Morgan fingerprint density at radius 2 is 1.85 bits per heavy atom. The molecule has 0 spiro atoms. The molecule has 0 bridgehead atoms. The summed E-state index contributed by atoms with van der Waals surface area (Å²) in [5.41, 5.74) is 0.730. The van der Waals surface area contributed by atoms with Crippen LogP contribution in [0.25, 0.3) is 0 Å². The highest BCUT2D eigenvalue weighted by atomic mass is 16.5. The molecule has 0 radical (unpaired) electrons. The van der Waals surface area contributed by atoms with Crippen molar-refractivity contribution in [1.29, 1.82) is 0 Å². The summed E-state index contributed by atoms with van der Waals surface area (Å²) in [6.45, 7) is 2.05. The number of methoxy groups -OCH3 is 1. The van der Waals surface area contributed by atoms with Crippen molar-refractivity contribution in [2.24, 2.45) is 11.8 Å². The van der Waals surface area contributed by atoms with Gasteiger partial charge in [0.2, 0.25) is 5.91 Å². The maximum Gasteiger partial charge on any atom is 0.230 e. The Morgan fingerprint density at radius 3 is 2.38 bits per heavy atom. The zero-order chi connectivity index (χ0) is 18.1. The number of carbonyl (C=O) groups excluding carboxylic acids is 1. The normalized spacial score (nSPS) is 28.7. The van der Waals surface area contributed by atoms with Gasteiger partial charge in [0.15, 0.2) is 0 Å². The van der Waals surface area contributed by atoms with Crippen molar-refractivity contribution in [1.82, 2.24) is 10.6 Å². The van der Waals surface area contributed by atoms with Gasteiger partial charge >= 0.3 is 0 Å². The molecule has 1 atom stereocenters. The molecule has 1 aromatic rings. The molecule has 1 heterocycles. The van der Waals surface area contributed by atoms with Crippen LogP contribution in [0.5, 0.6) is 5.75 Å². The first-order valence-corrected chi connectivity index (χ1v) is 9.97. The number of piperidine rings is 1. The summed E-state index contributed by atoms with van der Waals surface area (Å²) in [6.07, 6.45) is 5.50. The topological polar surface area (TPSA) is 70.6 Å². The van der Waals surface area contributed by atoms with Crippen LogP contribution in [-0.2, 0) is 10.2 Å². The quantitative estimate of drug-likeness (QED) is 0.727. The standard InChI is InChI=1S/C21H30N2O3/c1-26-18-4-2-16(3-5-18)21(8-9-21)20(25)23-19(15-12-17(24)13-15)14-6-10-22-11-7-14/h2-5,14-15,17,19,22,24H,6-13H2,1H3,(H,23,25). The van der Waals surface area contributed by atoms with Crippen LogP contribution in [0.3, 0.4) is 0 Å². The molecule has 3 fully saturated rings. The van der Waals surface area contributed by atoms with E-state index in [0.717, 1.165) is 62.9 Å². The first-order valence-electron chi connectivity index (χ1n) is 9.97. The molecule has 1 saturated heterocycles. The summed E-state index contributed by atoms with van der Waals surface area (Å²) in [5, 5.41) is 16.6. The van der Waals surface area contributed by atoms with E-state index in [1.165, 1.54) is 0 Å². The minimum absolute atomic E-state index is 0.174. The average Bonchev–Trinajstić information content (AvgIpc) is 3.46. The molecule has 3 N–H and O–H groups in total. The maximum absolute atomic E-state index is 13.2. The van der Waals surface area contributed by atoms with Crippen molar-refractivity contribution in [2.45, 2.75) is 56.1 Å². The van der Waals surface area contributed by atoms with E-state index in [0.29, 0.717) is 11.8 Å². The van der Waals surface area contributed by atoms with Gasteiger partial charge in [-0.05, 0) is 81.1 Å². The fourth-order valence-corrected chi connectivity index (χ4v) is 4.72. The lowest BCUT2D eigenvalue weighted by molar-refractivity contribution is -0.126. The van der Waals surface area contributed by atoms with Gasteiger partial charge in [0.05, 0.1) is 18.6 Å². The number of nitrogens with one attached hydrogen (secondary N) is 2. The summed E-state index contributed by atoms with van der Waals surface area (Å²) in [5.74, 6) is 1.93. The van der Waals surface area contributed by atoms with Gasteiger partial charge in [-0.15, -0.1) is 0 Å². The van der Waals surface area contributed by atoms with Crippen LogP contribution in [-0.4, -0.2) is 43.4 Å². The van der Waals surface area contributed by atoms with Crippen LogP contribution < -0.4 is 15.4 Å². The Labute approximate surface area is 155 Å². The first-order chi connectivity index (χ1) is 12.6. The lowest BCUT2D eigenvalue weighted by Gasteiger charge is -2.43. The molecule has 2 aliphatic carbocycles. The molecule has 5 heteroatoms. The summed E-state index contributed by atoms with van der Waals surface area (Å²) >= 11 is 0. The second-order valence-electron chi connectivity index (χ2n) is 8.28. The third-order valence-corrected chi connectivity index (χ3v) is 6.67. The van der Waals surface area contributed by atoms with E-state index in [-0.39, 0.29) is 23.5 Å². The predicted octanol–water partition coefficient (Wildman–Crippen LogP) is 1.98. The van der Waals surface area contributed by atoms with Gasteiger partial charge in [-0.25, -0.2) is 0 Å². The Kier molecular flexibility index (Phi) is 4.93. The Morgan fingerprint density at radius 1 is 1.19 bits per heavy atom. The number of amides is 1. The zero-order valence-corrected chi connectivity index (χ0v) is 15.5. The lowest BCUT2D eigenvalue weighted by atomic mass is 9.71. The second kappa shape index (κ2) is 7.20. The van der Waals surface area contributed by atoms with Gasteiger partial charge in [-0.2, -0.15) is 0 Å². The van der Waals surface area contributed by atoms with E-state index in [9.17, 15) is 9.90 Å². The van der Waals surface area contributed by atoms with Crippen molar-refractivity contribution in [3.63, 3.8) is 0 Å². The monoisotopic (exact) mass is 358 g/mol. The molecule has 2 saturated carbocycles. The van der Waals surface area contributed by atoms with Crippen molar-refractivity contribution in [3.8, 4) is 5.75 Å². The van der Waals surface area contributed by atoms with E-state index < -0.39 is 0 Å². The number of aliphatic hydroxyl groups excluding tert-OH is 1. The van der Waals surface area contributed by atoms with Gasteiger partial charge < -0.3 is 20.5 Å². The molecule has 5 nitrogen and oxygen atoms in total. The lowest BCUT2D eigenvalue weighted by Crippen LogP contribution is -2.54. The fourth-order valence-electron chi connectivity index (χ4n) is 4.72. The van der Waals surface area contributed by atoms with Crippen molar-refractivity contribution in [2.75, 3.05) is 20.2 Å². The van der Waals surface area contributed by atoms with E-state index in [2.05, 4.69) is 10.6 Å². The van der Waals surface area contributed by atoms with Crippen LogP contribution >= 0.6 is 0 Å². The number of carbonyl (C=O) groups is 1. The number of aliphatic hydroxyl groups is 1. The van der Waals surface area contributed by atoms with Gasteiger partial charge in [-0.1, -0.05) is 12.1 Å². The molecule has 1 unspecified atom stereocenters. The molecular weight excluding hydrogens is 328 g/mol. The van der Waals surface area contributed by atoms with E-state index in [4.69, 9.17) is 4.74 Å². The smallest absolute Gasteiger partial charge is 0.230 e. The van der Waals surface area contributed by atoms with Gasteiger partial charge in [0.1, 0.15) is 5.75 Å². The van der Waals surface area contributed by atoms with Crippen LogP contribution in [0.15, 0.2) is 24.3 Å². The predicted molar refractivity (Wildman–Crippen MR) is 100 cm³/mol. The average molecular weight is 358 g/mol. The minimum atomic E-state index is -0.361. The summed E-state index contributed by atoms with van der Waals surface area (Å²) in [7, 11) is 1.66. The van der Waals surface area contributed by atoms with Crippen molar-refractivity contribution >= 4 is 5.91 Å². The molecule has 1 amide bonds. The molecule has 4 rings (SSSR count). The van der Waals surface area contributed by atoms with E-state index in [1.54, 1.807) is 7.11 Å². The molecule has 1 aliphatic heterocycles. The highest BCUT2D eigenvalue weighted by molar-refractivity contribution is 5.91. The Hall–Kier alpha value is -1.59. The number of rotatable bonds is 6. The largest absolute Gasteiger partial charge is 0.497 e. The third-order valence-electron chi connectivity index (χ3n) is 6.67. The molecule has 26 heavy (non-hydrogen) atoms. The molecule has 142 valence electrons. The SMILES string of the molecule is COc1ccc(C2(C(=O)NC(C3CCNCC3)C3CC(O)C3)CC2)cc1. The second-order valence-corrected chi connectivity index (χ2v) is 8.28. The number of hydrogen-bond donors (Lipinski definition) is 3. The maximum atomic E-state index is 13.2. The fraction of sp³-hybridized carbons (Fsp3) is 0.667. The summed E-state index contributed by atoms with van der Waals surface area (Å²) in [6, 6.07) is 8.13. The van der Waals surface area contributed by atoms with Crippen molar-refractivity contribution < 1.29 is 14.6 Å². The van der Waals surface area contributed by atoms with Crippen LogP contribution in [0, 0.1) is 11.8 Å². The molecule has 0 aromatic heterocycles. The molecule has 1 aromatic carbocycles. The number of benzene rings is 1. The minimum Gasteiger partial charge on any atom is -0.497 e. The highest BCUT2D eigenvalue weighted by Crippen LogP contribution is 2.49. The van der Waals surface area contributed by atoms with Gasteiger partial charge in [0, 0.05) is 6.04 Å². The summed E-state index contributed by atoms with van der Waals surface area (Å²) < 4.78 is 5.24. The van der Waals surface area contributed by atoms with Crippen LogP contribution in [0.1, 0.15) is 44.1 Å². The third kappa shape index (κ3) is 3.35. The summed E-state index contributed by atoms with van der Waals surface area (Å²) in [4.78, 5) is 13.2. The van der Waals surface area contributed by atoms with Gasteiger partial charge in [-0.3, -0.25) is 4.79 Å². The molecular formula is C21H30N2O3. The van der Waals surface area contributed by atoms with E-state index in [1.807, 2.05) is 24.3 Å². The number of ether oxygens (including phenoxy) is 1. The number of hydrogen-bond acceptors (Lipinski definition) is 4. The molecule has 3 aliphatic rings. The van der Waals surface area contributed by atoms with Crippen molar-refractivity contribution in [3.05, 3.63) is 29.8 Å². The van der Waals surface area contributed by atoms with Crippen LogP contribution in [0.4, 0.5) is 0 Å². The zero-order valence-electron chi connectivity index (χ0n) is 15.5.